The average molecular weight is 242 g/mol. The van der Waals surface area contributed by atoms with Gasteiger partial charge >= 0.3 is 0 Å². The van der Waals surface area contributed by atoms with Crippen LogP contribution in [0.1, 0.15) is 5.56 Å². The zero-order chi connectivity index (χ0) is 12.6. The van der Waals surface area contributed by atoms with E-state index >= 15 is 0 Å². The molecule has 0 unspecified atom stereocenters. The van der Waals surface area contributed by atoms with Crippen molar-refractivity contribution in [2.24, 2.45) is 0 Å². The van der Waals surface area contributed by atoms with Crippen molar-refractivity contribution in [2.75, 3.05) is 11.9 Å². The first-order valence-electron chi connectivity index (χ1n) is 5.67. The summed E-state index contributed by atoms with van der Waals surface area (Å²) in [5.74, 6) is 0.329. The number of amides is 1. The number of ether oxygens (including phenoxy) is 1. The highest BCUT2D eigenvalue weighted by atomic mass is 16.5. The molecule has 0 aliphatic rings. The van der Waals surface area contributed by atoms with E-state index in [9.17, 15) is 4.79 Å². The normalized spacial score (nSPS) is 10.0. The minimum absolute atomic E-state index is 0.0193. The first-order chi connectivity index (χ1) is 8.84. The number of hydrogen-bond donors (Lipinski definition) is 1. The van der Waals surface area contributed by atoms with Gasteiger partial charge in [0.1, 0.15) is 12.4 Å². The Hall–Kier alpha value is -2.20. The van der Waals surface area contributed by atoms with Gasteiger partial charge in [0.25, 0.3) is 5.91 Å². The summed E-state index contributed by atoms with van der Waals surface area (Å²) in [6.45, 7) is 0.446. The molecular formula is C14H14N2O2. The number of carbonyl (C=O) groups is 1. The van der Waals surface area contributed by atoms with Crippen molar-refractivity contribution >= 4 is 11.7 Å². The number of aromatic nitrogens is 1. The Morgan fingerprint density at radius 2 is 1.89 bits per heavy atom. The third-order valence-electron chi connectivity index (χ3n) is 2.28. The maximum absolute atomic E-state index is 11.5. The van der Waals surface area contributed by atoms with E-state index in [-0.39, 0.29) is 12.5 Å². The lowest BCUT2D eigenvalue weighted by atomic mass is 10.2. The van der Waals surface area contributed by atoms with Gasteiger partial charge in [0.2, 0.25) is 0 Å². The zero-order valence-electron chi connectivity index (χ0n) is 9.87. The summed E-state index contributed by atoms with van der Waals surface area (Å²) in [5, 5.41) is 2.65. The van der Waals surface area contributed by atoms with E-state index in [4.69, 9.17) is 4.74 Å². The summed E-state index contributed by atoms with van der Waals surface area (Å²) >= 11 is 0. The predicted molar refractivity (Wildman–Crippen MR) is 69.0 cm³/mol. The van der Waals surface area contributed by atoms with Crippen LogP contribution in [0.25, 0.3) is 0 Å². The summed E-state index contributed by atoms with van der Waals surface area (Å²) in [6, 6.07) is 15.1. The maximum atomic E-state index is 11.5. The molecule has 0 aliphatic carbocycles. The number of rotatable bonds is 5. The molecule has 1 aromatic carbocycles. The van der Waals surface area contributed by atoms with E-state index in [1.807, 2.05) is 36.4 Å². The van der Waals surface area contributed by atoms with Crippen molar-refractivity contribution in [1.82, 2.24) is 4.98 Å². The molecule has 0 aliphatic heterocycles. The fraction of sp³-hybridized carbons (Fsp3) is 0.143. The average Bonchev–Trinajstić information content (AvgIpc) is 2.41. The maximum Gasteiger partial charge on any atom is 0.251 e. The third-order valence-corrected chi connectivity index (χ3v) is 2.28. The fourth-order valence-corrected chi connectivity index (χ4v) is 1.45. The molecule has 0 spiro atoms. The van der Waals surface area contributed by atoms with Gasteiger partial charge in [0.15, 0.2) is 0 Å². The molecule has 18 heavy (non-hydrogen) atoms. The molecule has 0 saturated carbocycles. The minimum atomic E-state index is -0.204. The number of anilines is 1. The number of carbonyl (C=O) groups excluding carboxylic acids is 1. The Morgan fingerprint density at radius 3 is 2.61 bits per heavy atom. The molecule has 0 fully saturated rings. The molecule has 0 bridgehead atoms. The van der Waals surface area contributed by atoms with E-state index in [2.05, 4.69) is 10.3 Å². The predicted octanol–water partition coefficient (Wildman–Crippen LogP) is 2.24. The lowest BCUT2D eigenvalue weighted by Crippen LogP contribution is -2.18. The number of pyridine rings is 1. The van der Waals surface area contributed by atoms with Gasteiger partial charge in [0.05, 0.1) is 6.61 Å². The van der Waals surface area contributed by atoms with E-state index in [1.54, 1.807) is 18.3 Å². The van der Waals surface area contributed by atoms with Gasteiger partial charge in [-0.25, -0.2) is 4.98 Å². The number of benzene rings is 1. The van der Waals surface area contributed by atoms with Gasteiger partial charge in [0, 0.05) is 6.20 Å². The van der Waals surface area contributed by atoms with E-state index in [1.165, 1.54) is 0 Å². The van der Waals surface area contributed by atoms with Gasteiger partial charge in [-0.15, -0.1) is 0 Å². The molecule has 1 amide bonds. The monoisotopic (exact) mass is 242 g/mol. The molecule has 2 aromatic rings. The molecule has 1 heterocycles. The van der Waals surface area contributed by atoms with Crippen molar-refractivity contribution in [1.29, 1.82) is 0 Å². The first-order valence-corrected chi connectivity index (χ1v) is 5.67. The van der Waals surface area contributed by atoms with E-state index < -0.39 is 0 Å². The second kappa shape index (κ2) is 6.51. The van der Waals surface area contributed by atoms with Crippen LogP contribution in [0.2, 0.25) is 0 Å². The molecule has 2 rings (SSSR count). The number of nitrogens with one attached hydrogen (secondary N) is 1. The molecule has 1 aromatic heterocycles. The van der Waals surface area contributed by atoms with Gasteiger partial charge in [-0.1, -0.05) is 36.4 Å². The Balaban J connectivity index is 1.73. The van der Waals surface area contributed by atoms with Crippen LogP contribution in [0.3, 0.4) is 0 Å². The Kier molecular flexibility index (Phi) is 4.44. The molecule has 4 nitrogen and oxygen atoms in total. The molecule has 4 heteroatoms. The lowest BCUT2D eigenvalue weighted by Gasteiger charge is -2.05. The second-order valence-electron chi connectivity index (χ2n) is 3.74. The lowest BCUT2D eigenvalue weighted by molar-refractivity contribution is -0.121. The molecule has 1 N–H and O–H groups in total. The van der Waals surface area contributed by atoms with Gasteiger partial charge in [-0.3, -0.25) is 4.79 Å². The highest BCUT2D eigenvalue weighted by molar-refractivity contribution is 5.90. The summed E-state index contributed by atoms with van der Waals surface area (Å²) in [6.07, 6.45) is 1.63. The van der Waals surface area contributed by atoms with Crippen LogP contribution in [0.5, 0.6) is 0 Å². The zero-order valence-corrected chi connectivity index (χ0v) is 9.87. The second-order valence-corrected chi connectivity index (χ2v) is 3.74. The van der Waals surface area contributed by atoms with Gasteiger partial charge in [-0.05, 0) is 17.7 Å². The van der Waals surface area contributed by atoms with Gasteiger partial charge < -0.3 is 10.1 Å². The Bertz CT molecular complexity index is 486. The van der Waals surface area contributed by atoms with Crippen LogP contribution in [-0.4, -0.2) is 17.5 Å². The van der Waals surface area contributed by atoms with Crippen LogP contribution in [0, 0.1) is 0 Å². The van der Waals surface area contributed by atoms with Crippen LogP contribution >= 0.6 is 0 Å². The van der Waals surface area contributed by atoms with Gasteiger partial charge in [-0.2, -0.15) is 0 Å². The quantitative estimate of drug-likeness (QED) is 0.874. The Morgan fingerprint density at radius 1 is 1.11 bits per heavy atom. The molecule has 0 atom stereocenters. The summed E-state index contributed by atoms with van der Waals surface area (Å²) in [7, 11) is 0. The van der Waals surface area contributed by atoms with Crippen molar-refractivity contribution in [3.8, 4) is 0 Å². The minimum Gasteiger partial charge on any atom is -0.367 e. The standard InChI is InChI=1S/C14H14N2O2/c17-14(16-13-8-4-5-9-15-13)11-18-10-12-6-2-1-3-7-12/h1-9H,10-11H2,(H,15,16,17). The molecule has 0 radical (unpaired) electrons. The Labute approximate surface area is 106 Å². The smallest absolute Gasteiger partial charge is 0.251 e. The van der Waals surface area contributed by atoms with Crippen molar-refractivity contribution < 1.29 is 9.53 Å². The third kappa shape index (κ3) is 3.99. The molecule has 0 saturated heterocycles. The highest BCUT2D eigenvalue weighted by Crippen LogP contribution is 2.02. The van der Waals surface area contributed by atoms with E-state index in [0.717, 1.165) is 5.56 Å². The van der Waals surface area contributed by atoms with Crippen molar-refractivity contribution in [3.63, 3.8) is 0 Å². The first kappa shape index (κ1) is 12.3. The molecule has 92 valence electrons. The fourth-order valence-electron chi connectivity index (χ4n) is 1.45. The number of nitrogens with zero attached hydrogens (tertiary/aromatic N) is 1. The summed E-state index contributed by atoms with van der Waals surface area (Å²) < 4.78 is 5.31. The SMILES string of the molecule is O=C(COCc1ccccc1)Nc1ccccn1. The van der Waals surface area contributed by atoms with Crippen molar-refractivity contribution in [3.05, 3.63) is 60.3 Å². The largest absolute Gasteiger partial charge is 0.367 e. The summed E-state index contributed by atoms with van der Waals surface area (Å²) in [5.41, 5.74) is 1.04. The van der Waals surface area contributed by atoms with E-state index in [0.29, 0.717) is 12.4 Å². The summed E-state index contributed by atoms with van der Waals surface area (Å²) in [4.78, 5) is 15.5. The van der Waals surface area contributed by atoms with Crippen LogP contribution in [0.4, 0.5) is 5.82 Å². The highest BCUT2D eigenvalue weighted by Gasteiger charge is 2.02. The van der Waals surface area contributed by atoms with Crippen LogP contribution in [-0.2, 0) is 16.1 Å². The molecular weight excluding hydrogens is 228 g/mol. The topological polar surface area (TPSA) is 51.2 Å². The van der Waals surface area contributed by atoms with Crippen LogP contribution < -0.4 is 5.32 Å². The number of hydrogen-bond acceptors (Lipinski definition) is 3. The van der Waals surface area contributed by atoms with Crippen molar-refractivity contribution in [2.45, 2.75) is 6.61 Å². The van der Waals surface area contributed by atoms with Crippen LogP contribution in [0.15, 0.2) is 54.7 Å².